The highest BCUT2D eigenvalue weighted by molar-refractivity contribution is 5.90. The maximum absolute atomic E-state index is 12.1. The van der Waals surface area contributed by atoms with Gasteiger partial charge in [-0.05, 0) is 18.6 Å². The first-order valence-corrected chi connectivity index (χ1v) is 6.33. The second-order valence-corrected chi connectivity index (χ2v) is 4.28. The fourth-order valence-corrected chi connectivity index (χ4v) is 1.46. The smallest absolute Gasteiger partial charge is 0.422 e. The van der Waals surface area contributed by atoms with Crippen LogP contribution in [0.5, 0.6) is 5.75 Å². The summed E-state index contributed by atoms with van der Waals surface area (Å²) in [5.41, 5.74) is 0.0856. The van der Waals surface area contributed by atoms with E-state index in [1.54, 1.807) is 0 Å². The van der Waals surface area contributed by atoms with E-state index >= 15 is 0 Å². The standard InChI is InChI=1S/C13H15F3N2O4/c14-13(15,16)8-22-10-5-2-1-4-9(10)18-12(21)17-7-3-6-11(19)20/h1-2,4-5H,3,6-8H2,(H,19,20)(H2,17,18,21). The lowest BCUT2D eigenvalue weighted by molar-refractivity contribution is -0.153. The fraction of sp³-hybridized carbons (Fsp3) is 0.385. The summed E-state index contributed by atoms with van der Waals surface area (Å²) in [6, 6.07) is 5.03. The molecule has 1 aromatic rings. The Hall–Kier alpha value is -2.45. The number of amides is 2. The van der Waals surface area contributed by atoms with Gasteiger partial charge in [-0.15, -0.1) is 0 Å². The zero-order chi connectivity index (χ0) is 16.6. The van der Waals surface area contributed by atoms with E-state index in [1.807, 2.05) is 0 Å². The maximum atomic E-state index is 12.1. The number of carboxylic acids is 1. The molecule has 0 aliphatic heterocycles. The van der Waals surface area contributed by atoms with Gasteiger partial charge in [0.05, 0.1) is 5.69 Å². The van der Waals surface area contributed by atoms with Crippen LogP contribution in [-0.4, -0.2) is 36.4 Å². The average Bonchev–Trinajstić information content (AvgIpc) is 2.41. The van der Waals surface area contributed by atoms with Crippen molar-refractivity contribution < 1.29 is 32.6 Å². The molecule has 0 saturated carbocycles. The topological polar surface area (TPSA) is 87.7 Å². The molecule has 0 heterocycles. The minimum absolute atomic E-state index is 0.0856. The van der Waals surface area contributed by atoms with Gasteiger partial charge in [0.2, 0.25) is 0 Å². The zero-order valence-corrected chi connectivity index (χ0v) is 11.4. The Labute approximate surface area is 124 Å². The molecule has 0 aliphatic carbocycles. The molecule has 0 fully saturated rings. The van der Waals surface area contributed by atoms with Gasteiger partial charge in [0, 0.05) is 13.0 Å². The van der Waals surface area contributed by atoms with Gasteiger partial charge in [0.15, 0.2) is 6.61 Å². The van der Waals surface area contributed by atoms with Crippen LogP contribution in [0, 0.1) is 0 Å². The number of halogens is 3. The van der Waals surface area contributed by atoms with Crippen molar-refractivity contribution >= 4 is 17.7 Å². The molecule has 0 atom stereocenters. The van der Waals surface area contributed by atoms with E-state index in [0.717, 1.165) is 0 Å². The second kappa shape index (κ2) is 8.11. The van der Waals surface area contributed by atoms with Gasteiger partial charge in [-0.3, -0.25) is 4.79 Å². The highest BCUT2D eigenvalue weighted by atomic mass is 19.4. The Bertz CT molecular complexity index is 520. The number of urea groups is 1. The van der Waals surface area contributed by atoms with Crippen molar-refractivity contribution in [3.63, 3.8) is 0 Å². The molecule has 9 heteroatoms. The van der Waals surface area contributed by atoms with E-state index in [2.05, 4.69) is 15.4 Å². The summed E-state index contributed by atoms with van der Waals surface area (Å²) < 4.78 is 41.0. The Balaban J connectivity index is 2.50. The summed E-state index contributed by atoms with van der Waals surface area (Å²) in [5, 5.41) is 13.2. The summed E-state index contributed by atoms with van der Waals surface area (Å²) in [4.78, 5) is 21.9. The van der Waals surface area contributed by atoms with Crippen molar-refractivity contribution in [1.82, 2.24) is 5.32 Å². The molecular weight excluding hydrogens is 305 g/mol. The normalized spacial score (nSPS) is 10.9. The molecule has 2 amide bonds. The van der Waals surface area contributed by atoms with Crippen LogP contribution in [0.3, 0.4) is 0 Å². The van der Waals surface area contributed by atoms with Crippen molar-refractivity contribution in [1.29, 1.82) is 0 Å². The van der Waals surface area contributed by atoms with Crippen LogP contribution in [0.1, 0.15) is 12.8 Å². The SMILES string of the molecule is O=C(O)CCCNC(=O)Nc1ccccc1OCC(F)(F)F. The molecule has 0 radical (unpaired) electrons. The number of para-hydroxylation sites is 2. The summed E-state index contributed by atoms with van der Waals surface area (Å²) >= 11 is 0. The maximum Gasteiger partial charge on any atom is 0.422 e. The molecule has 0 spiro atoms. The first-order valence-electron chi connectivity index (χ1n) is 6.33. The molecule has 122 valence electrons. The van der Waals surface area contributed by atoms with E-state index in [4.69, 9.17) is 5.11 Å². The Morgan fingerprint density at radius 1 is 1.23 bits per heavy atom. The van der Waals surface area contributed by atoms with Crippen LogP contribution in [0.4, 0.5) is 23.7 Å². The molecule has 1 rings (SSSR count). The monoisotopic (exact) mass is 320 g/mol. The van der Waals surface area contributed by atoms with Gasteiger partial charge >= 0.3 is 18.2 Å². The molecule has 6 nitrogen and oxygen atoms in total. The van der Waals surface area contributed by atoms with Crippen molar-refractivity contribution in [2.24, 2.45) is 0 Å². The largest absolute Gasteiger partial charge is 0.482 e. The van der Waals surface area contributed by atoms with E-state index in [9.17, 15) is 22.8 Å². The second-order valence-electron chi connectivity index (χ2n) is 4.28. The van der Waals surface area contributed by atoms with Crippen LogP contribution in [0.25, 0.3) is 0 Å². The summed E-state index contributed by atoms with van der Waals surface area (Å²) in [6.07, 6.45) is -4.33. The fourth-order valence-electron chi connectivity index (χ4n) is 1.46. The first-order chi connectivity index (χ1) is 10.3. The molecule has 0 saturated heterocycles. The number of nitrogens with one attached hydrogen (secondary N) is 2. The Kier molecular flexibility index (Phi) is 6.48. The van der Waals surface area contributed by atoms with Crippen molar-refractivity contribution in [2.45, 2.75) is 19.0 Å². The summed E-state index contributed by atoms with van der Waals surface area (Å²) in [6.45, 7) is -1.34. The molecule has 0 unspecified atom stereocenters. The van der Waals surface area contributed by atoms with E-state index in [1.165, 1.54) is 24.3 Å². The number of alkyl halides is 3. The number of ether oxygens (including phenoxy) is 1. The lowest BCUT2D eigenvalue weighted by Crippen LogP contribution is -2.30. The molecule has 0 bridgehead atoms. The minimum Gasteiger partial charge on any atom is -0.482 e. The predicted octanol–water partition coefficient (Wildman–Crippen LogP) is 2.61. The third kappa shape index (κ3) is 7.36. The number of carbonyl (C=O) groups is 2. The van der Waals surface area contributed by atoms with Gasteiger partial charge < -0.3 is 20.5 Å². The van der Waals surface area contributed by atoms with Crippen LogP contribution in [0.2, 0.25) is 0 Å². The number of benzene rings is 1. The summed E-state index contributed by atoms with van der Waals surface area (Å²) in [7, 11) is 0. The number of rotatable bonds is 7. The number of hydrogen-bond acceptors (Lipinski definition) is 3. The number of hydrogen-bond donors (Lipinski definition) is 3. The summed E-state index contributed by atoms with van der Waals surface area (Å²) in [5.74, 6) is -1.09. The van der Waals surface area contributed by atoms with Gasteiger partial charge in [-0.2, -0.15) is 13.2 Å². The molecule has 3 N–H and O–H groups in total. The van der Waals surface area contributed by atoms with Crippen molar-refractivity contribution in [3.8, 4) is 5.75 Å². The highest BCUT2D eigenvalue weighted by Crippen LogP contribution is 2.26. The van der Waals surface area contributed by atoms with Crippen LogP contribution >= 0.6 is 0 Å². The Morgan fingerprint density at radius 2 is 1.91 bits per heavy atom. The van der Waals surface area contributed by atoms with Gasteiger partial charge in [0.1, 0.15) is 5.75 Å². The van der Waals surface area contributed by atoms with E-state index in [-0.39, 0.29) is 30.8 Å². The van der Waals surface area contributed by atoms with Crippen LogP contribution in [-0.2, 0) is 4.79 Å². The predicted molar refractivity (Wildman–Crippen MR) is 71.9 cm³/mol. The van der Waals surface area contributed by atoms with E-state index < -0.39 is 24.8 Å². The number of carboxylic acid groups (broad SMARTS) is 1. The molecule has 22 heavy (non-hydrogen) atoms. The number of aliphatic carboxylic acids is 1. The first kappa shape index (κ1) is 17.6. The quantitative estimate of drug-likeness (QED) is 0.674. The molecule has 0 aliphatic rings. The van der Waals surface area contributed by atoms with Crippen molar-refractivity contribution in [2.75, 3.05) is 18.5 Å². The third-order valence-corrected chi connectivity index (χ3v) is 2.38. The van der Waals surface area contributed by atoms with Gasteiger partial charge in [0.25, 0.3) is 0 Å². The molecular formula is C13H15F3N2O4. The lowest BCUT2D eigenvalue weighted by atomic mass is 10.3. The zero-order valence-electron chi connectivity index (χ0n) is 11.4. The van der Waals surface area contributed by atoms with Crippen LogP contribution in [0.15, 0.2) is 24.3 Å². The van der Waals surface area contributed by atoms with Gasteiger partial charge in [-0.1, -0.05) is 12.1 Å². The number of anilines is 1. The number of carbonyl (C=O) groups excluding carboxylic acids is 1. The highest BCUT2D eigenvalue weighted by Gasteiger charge is 2.28. The molecule has 0 aromatic heterocycles. The Morgan fingerprint density at radius 3 is 2.55 bits per heavy atom. The molecule has 1 aromatic carbocycles. The van der Waals surface area contributed by atoms with E-state index in [0.29, 0.717) is 0 Å². The van der Waals surface area contributed by atoms with Gasteiger partial charge in [-0.25, -0.2) is 4.79 Å². The van der Waals surface area contributed by atoms with Crippen LogP contribution < -0.4 is 15.4 Å². The minimum atomic E-state index is -4.48. The third-order valence-electron chi connectivity index (χ3n) is 2.38. The van der Waals surface area contributed by atoms with Crippen molar-refractivity contribution in [3.05, 3.63) is 24.3 Å². The average molecular weight is 320 g/mol. The lowest BCUT2D eigenvalue weighted by Gasteiger charge is -2.14.